The maximum atomic E-state index is 12.5. The molecule has 33 heavy (non-hydrogen) atoms. The van der Waals surface area contributed by atoms with Crippen molar-refractivity contribution in [3.63, 3.8) is 0 Å². The van der Waals surface area contributed by atoms with Gasteiger partial charge in [-0.05, 0) is 29.3 Å². The molecule has 5 nitrogen and oxygen atoms in total. The molecule has 0 heterocycles. The van der Waals surface area contributed by atoms with Crippen molar-refractivity contribution in [1.82, 2.24) is 0 Å². The number of ether oxygens (including phenoxy) is 3. The minimum Gasteiger partial charge on any atom is -0.466 e. The molecule has 0 radical (unpaired) electrons. The van der Waals surface area contributed by atoms with E-state index in [0.29, 0.717) is 13.2 Å². The standard InChI is InChI=1S/C27H40O5Si/c1-8-30-26(28)22(3)25(31-20-29-7)21(2)19-32-33(27(4,5)6,23-15-11-9-12-16-23)24-17-13-10-14-18-24/h9-18,21-22,25H,8,19-20H2,1-7H3/t21-,22-,25-/m1/s1. The summed E-state index contributed by atoms with van der Waals surface area (Å²) >= 11 is 0. The second-order valence-electron chi connectivity index (χ2n) is 9.53. The van der Waals surface area contributed by atoms with Crippen LogP contribution in [0.2, 0.25) is 5.04 Å². The fourth-order valence-corrected chi connectivity index (χ4v) is 9.14. The average Bonchev–Trinajstić information content (AvgIpc) is 2.80. The van der Waals surface area contributed by atoms with Gasteiger partial charge in [0.15, 0.2) is 0 Å². The van der Waals surface area contributed by atoms with Gasteiger partial charge in [0.05, 0.1) is 18.6 Å². The highest BCUT2D eigenvalue weighted by Crippen LogP contribution is 2.37. The van der Waals surface area contributed by atoms with Crippen LogP contribution in [0.3, 0.4) is 0 Å². The van der Waals surface area contributed by atoms with E-state index >= 15 is 0 Å². The molecule has 0 saturated carbocycles. The fourth-order valence-electron chi connectivity index (χ4n) is 4.47. The zero-order valence-electron chi connectivity index (χ0n) is 21.2. The molecule has 0 saturated heterocycles. The third-order valence-corrected chi connectivity index (χ3v) is 11.1. The molecule has 6 heteroatoms. The first kappa shape index (κ1) is 27.3. The Morgan fingerprint density at radius 2 is 1.45 bits per heavy atom. The van der Waals surface area contributed by atoms with Gasteiger partial charge in [0.1, 0.15) is 6.79 Å². The number of carbonyl (C=O) groups excluding carboxylic acids is 1. The number of benzene rings is 2. The predicted molar refractivity (Wildman–Crippen MR) is 135 cm³/mol. The molecule has 0 aromatic heterocycles. The largest absolute Gasteiger partial charge is 0.466 e. The van der Waals surface area contributed by atoms with Crippen LogP contribution in [0.4, 0.5) is 0 Å². The van der Waals surface area contributed by atoms with E-state index in [2.05, 4.69) is 76.2 Å². The summed E-state index contributed by atoms with van der Waals surface area (Å²) in [5, 5.41) is 2.33. The van der Waals surface area contributed by atoms with Crippen molar-refractivity contribution in [1.29, 1.82) is 0 Å². The molecule has 0 amide bonds. The van der Waals surface area contributed by atoms with E-state index in [1.54, 1.807) is 7.11 Å². The first-order chi connectivity index (χ1) is 15.7. The highest BCUT2D eigenvalue weighted by atomic mass is 28.4. The molecule has 2 rings (SSSR count). The molecule has 2 aromatic rings. The second-order valence-corrected chi connectivity index (χ2v) is 13.8. The summed E-state index contributed by atoms with van der Waals surface area (Å²) in [4.78, 5) is 12.5. The Bertz CT molecular complexity index is 795. The van der Waals surface area contributed by atoms with Crippen molar-refractivity contribution >= 4 is 24.7 Å². The SMILES string of the molecule is CCOC(=O)[C@H](C)[C@H](OCOC)[C@H](C)CO[Si](c1ccccc1)(c1ccccc1)C(C)(C)C. The van der Waals surface area contributed by atoms with E-state index in [1.807, 2.05) is 26.0 Å². The first-order valence-corrected chi connectivity index (χ1v) is 13.6. The van der Waals surface area contributed by atoms with Crippen LogP contribution in [0, 0.1) is 11.8 Å². The summed E-state index contributed by atoms with van der Waals surface area (Å²) < 4.78 is 23.4. The normalized spacial score (nSPS) is 15.0. The van der Waals surface area contributed by atoms with E-state index in [0.717, 1.165) is 0 Å². The molecule has 0 bridgehead atoms. The van der Waals surface area contributed by atoms with E-state index < -0.39 is 14.2 Å². The lowest BCUT2D eigenvalue weighted by Gasteiger charge is -2.44. The smallest absolute Gasteiger partial charge is 0.311 e. The number of carbonyl (C=O) groups is 1. The molecule has 0 fully saturated rings. The van der Waals surface area contributed by atoms with Gasteiger partial charge in [0, 0.05) is 19.6 Å². The van der Waals surface area contributed by atoms with Gasteiger partial charge in [-0.25, -0.2) is 0 Å². The number of rotatable bonds is 12. The lowest BCUT2D eigenvalue weighted by Crippen LogP contribution is -2.67. The predicted octanol–water partition coefficient (Wildman–Crippen LogP) is 4.39. The van der Waals surface area contributed by atoms with Gasteiger partial charge in [-0.2, -0.15) is 0 Å². The fraction of sp³-hybridized carbons (Fsp3) is 0.519. The average molecular weight is 473 g/mol. The molecule has 0 unspecified atom stereocenters. The Hall–Kier alpha value is -1.99. The van der Waals surface area contributed by atoms with Crippen LogP contribution in [0.25, 0.3) is 0 Å². The Morgan fingerprint density at radius 3 is 1.88 bits per heavy atom. The Labute approximate surface area is 200 Å². The topological polar surface area (TPSA) is 54.0 Å². The lowest BCUT2D eigenvalue weighted by atomic mass is 9.94. The van der Waals surface area contributed by atoms with Crippen LogP contribution >= 0.6 is 0 Å². The summed E-state index contributed by atoms with van der Waals surface area (Å²) in [6.45, 7) is 13.4. The summed E-state index contributed by atoms with van der Waals surface area (Å²) in [6, 6.07) is 21.1. The van der Waals surface area contributed by atoms with Crippen LogP contribution in [-0.2, 0) is 23.4 Å². The van der Waals surface area contributed by atoms with Crippen molar-refractivity contribution in [2.24, 2.45) is 11.8 Å². The summed E-state index contributed by atoms with van der Waals surface area (Å²) in [5.41, 5.74) is 0. The van der Waals surface area contributed by atoms with E-state index in [1.165, 1.54) is 10.4 Å². The van der Waals surface area contributed by atoms with Crippen LogP contribution in [-0.4, -0.2) is 47.5 Å². The van der Waals surface area contributed by atoms with Crippen molar-refractivity contribution in [2.75, 3.05) is 27.1 Å². The van der Waals surface area contributed by atoms with E-state index in [9.17, 15) is 4.79 Å². The third kappa shape index (κ3) is 6.54. The van der Waals surface area contributed by atoms with Gasteiger partial charge >= 0.3 is 5.97 Å². The molecular weight excluding hydrogens is 432 g/mol. The molecule has 0 aliphatic heterocycles. The maximum absolute atomic E-state index is 12.5. The van der Waals surface area contributed by atoms with Crippen LogP contribution < -0.4 is 10.4 Å². The van der Waals surface area contributed by atoms with Crippen molar-refractivity contribution < 1.29 is 23.4 Å². The summed E-state index contributed by atoms with van der Waals surface area (Å²) in [7, 11) is -1.09. The van der Waals surface area contributed by atoms with Crippen LogP contribution in [0.5, 0.6) is 0 Å². The number of methoxy groups -OCH3 is 1. The summed E-state index contributed by atoms with van der Waals surface area (Å²) in [5.74, 6) is -0.755. The van der Waals surface area contributed by atoms with Gasteiger partial charge in [0.25, 0.3) is 8.32 Å². The Morgan fingerprint density at radius 1 is 0.939 bits per heavy atom. The van der Waals surface area contributed by atoms with Gasteiger partial charge in [-0.15, -0.1) is 0 Å². The van der Waals surface area contributed by atoms with Gasteiger partial charge in [-0.3, -0.25) is 4.79 Å². The van der Waals surface area contributed by atoms with Gasteiger partial charge in [0.2, 0.25) is 0 Å². The highest BCUT2D eigenvalue weighted by molar-refractivity contribution is 6.99. The molecule has 182 valence electrons. The minimum absolute atomic E-state index is 0.0544. The molecule has 0 N–H and O–H groups in total. The van der Waals surface area contributed by atoms with E-state index in [-0.39, 0.29) is 29.8 Å². The van der Waals surface area contributed by atoms with Crippen LogP contribution in [0.15, 0.2) is 60.7 Å². The van der Waals surface area contributed by atoms with E-state index in [4.69, 9.17) is 18.6 Å². The van der Waals surface area contributed by atoms with Gasteiger partial charge in [-0.1, -0.05) is 88.4 Å². The summed E-state index contributed by atoms with van der Waals surface area (Å²) in [6.07, 6.45) is -0.387. The zero-order chi connectivity index (χ0) is 24.5. The Kier molecular flexibility index (Phi) is 10.3. The minimum atomic E-state index is -2.67. The monoisotopic (exact) mass is 472 g/mol. The maximum Gasteiger partial charge on any atom is 0.311 e. The zero-order valence-corrected chi connectivity index (χ0v) is 22.2. The molecular formula is C27H40O5Si. The van der Waals surface area contributed by atoms with Gasteiger partial charge < -0.3 is 18.6 Å². The van der Waals surface area contributed by atoms with Crippen molar-refractivity contribution in [3.8, 4) is 0 Å². The number of hydrogen-bond acceptors (Lipinski definition) is 5. The van der Waals surface area contributed by atoms with Crippen molar-refractivity contribution in [2.45, 2.75) is 52.7 Å². The molecule has 0 aliphatic rings. The number of esters is 1. The molecule has 0 aliphatic carbocycles. The lowest BCUT2D eigenvalue weighted by molar-refractivity contribution is -0.162. The molecule has 0 spiro atoms. The molecule has 2 aromatic carbocycles. The second kappa shape index (κ2) is 12.5. The Balaban J connectivity index is 2.42. The first-order valence-electron chi connectivity index (χ1n) is 11.7. The number of hydrogen-bond donors (Lipinski definition) is 0. The molecule has 3 atom stereocenters. The third-order valence-electron chi connectivity index (χ3n) is 6.07. The quantitative estimate of drug-likeness (QED) is 0.261. The van der Waals surface area contributed by atoms with Crippen molar-refractivity contribution in [3.05, 3.63) is 60.7 Å². The van der Waals surface area contributed by atoms with Crippen LogP contribution in [0.1, 0.15) is 41.5 Å². The highest BCUT2D eigenvalue weighted by Gasteiger charge is 2.50.